The van der Waals surface area contributed by atoms with Crippen LogP contribution in [0.4, 0.5) is 0 Å². The fourth-order valence-corrected chi connectivity index (χ4v) is 3.48. The van der Waals surface area contributed by atoms with E-state index in [1.165, 1.54) is 0 Å². The largest absolute Gasteiger partial charge is 0.483 e. The van der Waals surface area contributed by atoms with Gasteiger partial charge in [0.25, 0.3) is 5.91 Å². The predicted octanol–water partition coefficient (Wildman–Crippen LogP) is 3.25. The lowest BCUT2D eigenvalue weighted by Crippen LogP contribution is -2.43. The standard InChI is InChI=1S/C22H29N3O2/c1-17-8-9-18(2)21(14-17)27-16-22(26)25(15-19-6-3-4-12-24-19)20-7-5-11-23-13-10-20/h3-4,6,8-9,12,14,20,23H,5,7,10-11,13,15-16H2,1-2H3. The molecule has 2 heterocycles. The molecule has 3 rings (SSSR count). The van der Waals surface area contributed by atoms with Crippen LogP contribution in [-0.2, 0) is 11.3 Å². The first-order valence-electron chi connectivity index (χ1n) is 9.73. The minimum atomic E-state index is 0.0217. The Bertz CT molecular complexity index is 740. The maximum atomic E-state index is 13.1. The lowest BCUT2D eigenvalue weighted by atomic mass is 10.1. The molecule has 2 aromatic rings. The lowest BCUT2D eigenvalue weighted by molar-refractivity contribution is -0.136. The van der Waals surface area contributed by atoms with Crippen LogP contribution in [0, 0.1) is 13.8 Å². The molecule has 1 amide bonds. The second-order valence-electron chi connectivity index (χ2n) is 7.24. The van der Waals surface area contributed by atoms with Crippen LogP contribution in [0.2, 0.25) is 0 Å². The number of nitrogens with zero attached hydrogens (tertiary/aromatic N) is 2. The number of aromatic nitrogens is 1. The third-order valence-electron chi connectivity index (χ3n) is 5.06. The van der Waals surface area contributed by atoms with E-state index in [-0.39, 0.29) is 18.6 Å². The monoisotopic (exact) mass is 367 g/mol. The van der Waals surface area contributed by atoms with E-state index >= 15 is 0 Å². The van der Waals surface area contributed by atoms with Crippen molar-refractivity contribution in [2.75, 3.05) is 19.7 Å². The van der Waals surface area contributed by atoms with E-state index in [2.05, 4.69) is 16.4 Å². The summed E-state index contributed by atoms with van der Waals surface area (Å²) >= 11 is 0. The molecule has 0 spiro atoms. The number of rotatable bonds is 6. The van der Waals surface area contributed by atoms with Gasteiger partial charge in [-0.25, -0.2) is 0 Å². The maximum Gasteiger partial charge on any atom is 0.261 e. The summed E-state index contributed by atoms with van der Waals surface area (Å²) in [6.07, 6.45) is 4.82. The second-order valence-corrected chi connectivity index (χ2v) is 7.24. The van der Waals surface area contributed by atoms with Gasteiger partial charge in [-0.15, -0.1) is 0 Å². The van der Waals surface area contributed by atoms with Gasteiger partial charge in [0.1, 0.15) is 5.75 Å². The van der Waals surface area contributed by atoms with Gasteiger partial charge in [0.2, 0.25) is 0 Å². The number of aryl methyl sites for hydroxylation is 2. The van der Waals surface area contributed by atoms with Crippen molar-refractivity contribution in [3.8, 4) is 5.75 Å². The van der Waals surface area contributed by atoms with Gasteiger partial charge in [0.15, 0.2) is 6.61 Å². The van der Waals surface area contributed by atoms with Crippen LogP contribution < -0.4 is 10.1 Å². The Hall–Kier alpha value is -2.40. The van der Waals surface area contributed by atoms with Gasteiger partial charge in [-0.3, -0.25) is 9.78 Å². The van der Waals surface area contributed by atoms with Crippen molar-refractivity contribution < 1.29 is 9.53 Å². The molecule has 1 unspecified atom stereocenters. The van der Waals surface area contributed by atoms with E-state index in [0.29, 0.717) is 6.54 Å². The van der Waals surface area contributed by atoms with Crippen molar-refractivity contribution in [3.63, 3.8) is 0 Å². The van der Waals surface area contributed by atoms with Gasteiger partial charge >= 0.3 is 0 Å². The van der Waals surface area contributed by atoms with Crippen molar-refractivity contribution in [2.24, 2.45) is 0 Å². The summed E-state index contributed by atoms with van der Waals surface area (Å²) in [7, 11) is 0. The maximum absolute atomic E-state index is 13.1. The van der Waals surface area contributed by atoms with E-state index in [1.54, 1.807) is 6.20 Å². The van der Waals surface area contributed by atoms with Gasteiger partial charge in [-0.05, 0) is 75.5 Å². The Morgan fingerprint density at radius 2 is 2.11 bits per heavy atom. The van der Waals surface area contributed by atoms with E-state index in [0.717, 1.165) is 54.9 Å². The number of carbonyl (C=O) groups excluding carboxylic acids is 1. The SMILES string of the molecule is Cc1ccc(C)c(OCC(=O)N(Cc2ccccn2)C2CCCNCC2)c1. The van der Waals surface area contributed by atoms with Crippen molar-refractivity contribution in [2.45, 2.75) is 45.7 Å². The van der Waals surface area contributed by atoms with Crippen molar-refractivity contribution in [1.82, 2.24) is 15.2 Å². The number of nitrogens with one attached hydrogen (secondary N) is 1. The zero-order valence-corrected chi connectivity index (χ0v) is 16.3. The van der Waals surface area contributed by atoms with Crippen molar-refractivity contribution in [1.29, 1.82) is 0 Å². The number of pyridine rings is 1. The summed E-state index contributed by atoms with van der Waals surface area (Å²) in [5.41, 5.74) is 3.08. The molecule has 27 heavy (non-hydrogen) atoms. The summed E-state index contributed by atoms with van der Waals surface area (Å²) in [5, 5.41) is 3.42. The first kappa shape index (κ1) is 19.4. The van der Waals surface area contributed by atoms with Gasteiger partial charge < -0.3 is 15.0 Å². The molecule has 1 aliphatic heterocycles. The average molecular weight is 367 g/mol. The molecule has 1 aromatic carbocycles. The first-order valence-corrected chi connectivity index (χ1v) is 9.73. The number of hydrogen-bond acceptors (Lipinski definition) is 4. The molecule has 0 saturated carbocycles. The van der Waals surface area contributed by atoms with E-state index < -0.39 is 0 Å². The quantitative estimate of drug-likeness (QED) is 0.852. The first-order chi connectivity index (χ1) is 13.1. The zero-order valence-electron chi connectivity index (χ0n) is 16.3. The minimum Gasteiger partial charge on any atom is -0.483 e. The van der Waals surface area contributed by atoms with E-state index in [4.69, 9.17) is 4.74 Å². The Balaban J connectivity index is 1.72. The smallest absolute Gasteiger partial charge is 0.261 e. The lowest BCUT2D eigenvalue weighted by Gasteiger charge is -2.31. The third-order valence-corrected chi connectivity index (χ3v) is 5.06. The molecule has 1 aliphatic rings. The van der Waals surface area contributed by atoms with Crippen LogP contribution in [0.3, 0.4) is 0 Å². The van der Waals surface area contributed by atoms with Crippen molar-refractivity contribution in [3.05, 3.63) is 59.4 Å². The van der Waals surface area contributed by atoms with E-state index in [1.807, 2.05) is 49.1 Å². The fourth-order valence-electron chi connectivity index (χ4n) is 3.48. The molecule has 0 radical (unpaired) electrons. The molecule has 1 saturated heterocycles. The molecule has 1 atom stereocenters. The number of hydrogen-bond donors (Lipinski definition) is 1. The van der Waals surface area contributed by atoms with Crippen LogP contribution in [-0.4, -0.2) is 41.5 Å². The number of ether oxygens (including phenoxy) is 1. The van der Waals surface area contributed by atoms with Gasteiger partial charge in [0.05, 0.1) is 12.2 Å². The minimum absolute atomic E-state index is 0.0217. The highest BCUT2D eigenvalue weighted by Gasteiger charge is 2.25. The molecular formula is C22H29N3O2. The Labute approximate surface area is 161 Å². The molecular weight excluding hydrogens is 338 g/mol. The van der Waals surface area contributed by atoms with Crippen LogP contribution in [0.5, 0.6) is 5.75 Å². The Morgan fingerprint density at radius 1 is 1.22 bits per heavy atom. The molecule has 5 nitrogen and oxygen atoms in total. The van der Waals surface area contributed by atoms with Gasteiger partial charge in [-0.2, -0.15) is 0 Å². The highest BCUT2D eigenvalue weighted by Crippen LogP contribution is 2.21. The molecule has 1 aromatic heterocycles. The van der Waals surface area contributed by atoms with Crippen LogP contribution in [0.25, 0.3) is 0 Å². The second kappa shape index (κ2) is 9.51. The normalized spacial score (nSPS) is 17.2. The third kappa shape index (κ3) is 5.54. The summed E-state index contributed by atoms with van der Waals surface area (Å²) in [6, 6.07) is 12.1. The predicted molar refractivity (Wildman–Crippen MR) is 107 cm³/mol. The number of benzene rings is 1. The van der Waals surface area contributed by atoms with E-state index in [9.17, 15) is 4.79 Å². The molecule has 144 valence electrons. The Morgan fingerprint density at radius 3 is 2.93 bits per heavy atom. The van der Waals surface area contributed by atoms with Crippen molar-refractivity contribution >= 4 is 5.91 Å². The van der Waals surface area contributed by atoms with Crippen LogP contribution in [0.15, 0.2) is 42.6 Å². The topological polar surface area (TPSA) is 54.5 Å². The Kier molecular flexibility index (Phi) is 6.82. The summed E-state index contributed by atoms with van der Waals surface area (Å²) in [5.74, 6) is 0.803. The molecule has 5 heteroatoms. The highest BCUT2D eigenvalue weighted by atomic mass is 16.5. The van der Waals surface area contributed by atoms with Gasteiger partial charge in [-0.1, -0.05) is 18.2 Å². The molecule has 1 fully saturated rings. The number of amides is 1. The van der Waals surface area contributed by atoms with Crippen LogP contribution in [0.1, 0.15) is 36.1 Å². The average Bonchev–Trinajstić information content (AvgIpc) is 2.96. The number of carbonyl (C=O) groups is 1. The highest BCUT2D eigenvalue weighted by molar-refractivity contribution is 5.78. The fraction of sp³-hybridized carbons (Fsp3) is 0.455. The van der Waals surface area contributed by atoms with Crippen LogP contribution >= 0.6 is 0 Å². The molecule has 1 N–H and O–H groups in total. The molecule has 0 bridgehead atoms. The summed E-state index contributed by atoms with van der Waals surface area (Å²) in [6.45, 7) is 6.57. The zero-order chi connectivity index (χ0) is 19.1. The van der Waals surface area contributed by atoms with Gasteiger partial charge in [0, 0.05) is 12.2 Å². The summed E-state index contributed by atoms with van der Waals surface area (Å²) < 4.78 is 5.89. The summed E-state index contributed by atoms with van der Waals surface area (Å²) in [4.78, 5) is 19.5. The molecule has 0 aliphatic carbocycles.